The number of hydrogen-bond acceptors (Lipinski definition) is 6. The predicted octanol–water partition coefficient (Wildman–Crippen LogP) is 2.65. The zero-order valence-corrected chi connectivity index (χ0v) is 16.4. The van der Waals surface area contributed by atoms with E-state index in [1.807, 2.05) is 6.08 Å². The van der Waals surface area contributed by atoms with E-state index in [1.165, 1.54) is 6.92 Å². The van der Waals surface area contributed by atoms with Crippen LogP contribution in [0.1, 0.15) is 59.3 Å². The zero-order chi connectivity index (χ0) is 19.6. The first-order valence-electron chi connectivity index (χ1n) is 10.2. The molecule has 3 N–H and O–H groups in total. The number of aliphatic hydroxyl groups is 2. The fraction of sp³-hybridized carbons (Fsp3) is 0.810. The molecule has 4 aliphatic carbocycles. The molecule has 0 aromatic carbocycles. The summed E-state index contributed by atoms with van der Waals surface area (Å²) in [6, 6.07) is 0. The van der Waals surface area contributed by atoms with Crippen LogP contribution in [0.3, 0.4) is 0 Å². The summed E-state index contributed by atoms with van der Waals surface area (Å²) in [5.41, 5.74) is 1.26. The molecule has 150 valence electrons. The summed E-state index contributed by atoms with van der Waals surface area (Å²) < 4.78 is 5.43. The molecule has 0 aliphatic heterocycles. The van der Waals surface area contributed by atoms with E-state index in [9.17, 15) is 20.2 Å². The number of oxime groups is 1. The average molecular weight is 377 g/mol. The van der Waals surface area contributed by atoms with Crippen LogP contribution >= 0.6 is 0 Å². The molecule has 0 aromatic heterocycles. The molecule has 0 heterocycles. The van der Waals surface area contributed by atoms with Gasteiger partial charge in [-0.25, -0.2) is 0 Å². The first kappa shape index (κ1) is 18.9. The highest BCUT2D eigenvalue weighted by atomic mass is 16.5. The molecule has 6 heteroatoms. The molecule has 0 radical (unpaired) electrons. The van der Waals surface area contributed by atoms with Gasteiger partial charge in [-0.1, -0.05) is 30.7 Å². The van der Waals surface area contributed by atoms with Crippen molar-refractivity contribution in [3.8, 4) is 0 Å². The number of carbonyl (C=O) groups excluding carboxylic acids is 1. The molecule has 3 saturated carbocycles. The van der Waals surface area contributed by atoms with Gasteiger partial charge in [0.25, 0.3) is 0 Å². The van der Waals surface area contributed by atoms with Crippen molar-refractivity contribution in [1.29, 1.82) is 0 Å². The summed E-state index contributed by atoms with van der Waals surface area (Å²) in [5, 5.41) is 35.2. The molecule has 0 aromatic rings. The zero-order valence-electron chi connectivity index (χ0n) is 16.4. The van der Waals surface area contributed by atoms with Gasteiger partial charge in [0.15, 0.2) is 0 Å². The predicted molar refractivity (Wildman–Crippen MR) is 99.3 cm³/mol. The van der Waals surface area contributed by atoms with Crippen LogP contribution in [0.5, 0.6) is 0 Å². The van der Waals surface area contributed by atoms with Gasteiger partial charge in [-0.3, -0.25) is 4.79 Å². The van der Waals surface area contributed by atoms with Crippen molar-refractivity contribution in [3.63, 3.8) is 0 Å². The topological polar surface area (TPSA) is 99.4 Å². The van der Waals surface area contributed by atoms with Crippen molar-refractivity contribution in [1.82, 2.24) is 0 Å². The fourth-order valence-electron chi connectivity index (χ4n) is 6.87. The molecule has 3 unspecified atom stereocenters. The highest BCUT2D eigenvalue weighted by Crippen LogP contribution is 2.64. The van der Waals surface area contributed by atoms with Gasteiger partial charge in [0.05, 0.1) is 17.9 Å². The second-order valence-electron chi connectivity index (χ2n) is 9.60. The molecule has 0 bridgehead atoms. The molecule has 6 nitrogen and oxygen atoms in total. The van der Waals surface area contributed by atoms with Crippen molar-refractivity contribution < 1.29 is 25.0 Å². The molecular formula is C21H31NO5. The van der Waals surface area contributed by atoms with Gasteiger partial charge in [0.1, 0.15) is 6.10 Å². The van der Waals surface area contributed by atoms with E-state index >= 15 is 0 Å². The monoisotopic (exact) mass is 377 g/mol. The molecule has 27 heavy (non-hydrogen) atoms. The van der Waals surface area contributed by atoms with Gasteiger partial charge in [-0.15, -0.1) is 0 Å². The number of ether oxygens (including phenoxy) is 1. The largest absolute Gasteiger partial charge is 0.462 e. The van der Waals surface area contributed by atoms with Crippen molar-refractivity contribution in [3.05, 3.63) is 11.6 Å². The van der Waals surface area contributed by atoms with E-state index in [1.54, 1.807) is 0 Å². The van der Waals surface area contributed by atoms with Gasteiger partial charge >= 0.3 is 5.97 Å². The number of hydrogen-bond donors (Lipinski definition) is 3. The summed E-state index contributed by atoms with van der Waals surface area (Å²) in [6.07, 6.45) is 5.17. The second kappa shape index (κ2) is 6.31. The minimum Gasteiger partial charge on any atom is -0.462 e. The van der Waals surface area contributed by atoms with Crippen LogP contribution in [0.25, 0.3) is 0 Å². The smallest absolute Gasteiger partial charge is 0.302 e. The van der Waals surface area contributed by atoms with E-state index in [2.05, 4.69) is 19.0 Å². The van der Waals surface area contributed by atoms with Gasteiger partial charge < -0.3 is 20.2 Å². The molecule has 0 saturated heterocycles. The van der Waals surface area contributed by atoms with Gasteiger partial charge in [0, 0.05) is 30.6 Å². The van der Waals surface area contributed by atoms with Crippen LogP contribution in [-0.4, -0.2) is 45.4 Å². The highest BCUT2D eigenvalue weighted by Gasteiger charge is 2.63. The molecule has 8 atom stereocenters. The number of fused-ring (bicyclic) bond motifs is 5. The van der Waals surface area contributed by atoms with Crippen LogP contribution in [0.4, 0.5) is 0 Å². The minimum absolute atomic E-state index is 0.0425. The first-order valence-corrected chi connectivity index (χ1v) is 10.2. The third kappa shape index (κ3) is 2.67. The lowest BCUT2D eigenvalue weighted by atomic mass is 9.46. The third-order valence-corrected chi connectivity index (χ3v) is 8.21. The van der Waals surface area contributed by atoms with Crippen molar-refractivity contribution in [2.24, 2.45) is 33.7 Å². The summed E-state index contributed by atoms with van der Waals surface area (Å²) in [4.78, 5) is 11.4. The number of rotatable bonds is 1. The molecule has 0 spiro atoms. The summed E-state index contributed by atoms with van der Waals surface area (Å²) in [7, 11) is 0. The molecule has 3 fully saturated rings. The van der Waals surface area contributed by atoms with Crippen LogP contribution in [0, 0.1) is 28.6 Å². The van der Waals surface area contributed by atoms with Gasteiger partial charge in [0.2, 0.25) is 0 Å². The van der Waals surface area contributed by atoms with Crippen LogP contribution < -0.4 is 0 Å². The number of aliphatic hydroxyl groups excluding tert-OH is 2. The Labute approximate surface area is 160 Å². The van der Waals surface area contributed by atoms with E-state index in [0.717, 1.165) is 31.3 Å². The summed E-state index contributed by atoms with van der Waals surface area (Å²) in [6.45, 7) is 5.70. The van der Waals surface area contributed by atoms with E-state index in [4.69, 9.17) is 4.74 Å². The Morgan fingerprint density at radius 1 is 1.26 bits per heavy atom. The number of carbonyl (C=O) groups is 1. The molecule has 4 aliphatic rings. The van der Waals surface area contributed by atoms with E-state index < -0.39 is 12.2 Å². The van der Waals surface area contributed by atoms with Crippen LogP contribution in [0.2, 0.25) is 0 Å². The Balaban J connectivity index is 1.74. The highest BCUT2D eigenvalue weighted by molar-refractivity contribution is 5.90. The Morgan fingerprint density at radius 2 is 2.00 bits per heavy atom. The maximum absolute atomic E-state index is 11.4. The minimum atomic E-state index is -0.638. The normalized spacial score (nSPS) is 50.4. The molecule has 4 rings (SSSR count). The lowest BCUT2D eigenvalue weighted by molar-refractivity contribution is -0.148. The maximum atomic E-state index is 11.4. The van der Waals surface area contributed by atoms with Crippen LogP contribution in [0.15, 0.2) is 16.8 Å². The lowest BCUT2D eigenvalue weighted by Gasteiger charge is -2.58. The quantitative estimate of drug-likeness (QED) is 0.282. The SMILES string of the molecule is CC(=O)O[C@H]1CC[C@@]2(C)C(=C[C@H](O)C3C2C(=NO)C[C@@]2(C)C3CC[C@@H]2O)C1. The first-order chi connectivity index (χ1) is 12.7. The molecule has 0 amide bonds. The Hall–Kier alpha value is -1.40. The van der Waals surface area contributed by atoms with Gasteiger partial charge in [-0.05, 0) is 43.4 Å². The average Bonchev–Trinajstić information content (AvgIpc) is 2.90. The lowest BCUT2D eigenvalue weighted by Crippen LogP contribution is -2.59. The summed E-state index contributed by atoms with van der Waals surface area (Å²) in [5.74, 6) is -0.159. The second-order valence-corrected chi connectivity index (χ2v) is 9.60. The number of esters is 1. The van der Waals surface area contributed by atoms with Crippen molar-refractivity contribution >= 4 is 11.7 Å². The van der Waals surface area contributed by atoms with E-state index in [0.29, 0.717) is 18.6 Å². The standard InChI is InChI=1S/C21H31NO5/c1-11(23)27-13-6-7-20(2)12(8-13)9-16(24)18-14-4-5-17(25)21(14,3)10-15(22-26)19(18)20/h9,13-14,16-19,24-26H,4-8,10H2,1-3H3/t13-,14?,16-,17-,18?,19?,20-,21-/m0/s1. The number of nitrogens with zero attached hydrogens (tertiary/aromatic N) is 1. The third-order valence-electron chi connectivity index (χ3n) is 8.21. The van der Waals surface area contributed by atoms with Gasteiger partial charge in [-0.2, -0.15) is 0 Å². The Kier molecular flexibility index (Phi) is 4.43. The Morgan fingerprint density at radius 3 is 2.67 bits per heavy atom. The fourth-order valence-corrected chi connectivity index (χ4v) is 6.87. The Bertz CT molecular complexity index is 703. The van der Waals surface area contributed by atoms with Crippen LogP contribution in [-0.2, 0) is 9.53 Å². The van der Waals surface area contributed by atoms with Crippen molar-refractivity contribution in [2.45, 2.75) is 77.6 Å². The van der Waals surface area contributed by atoms with E-state index in [-0.39, 0.29) is 40.7 Å². The maximum Gasteiger partial charge on any atom is 0.302 e. The summed E-state index contributed by atoms with van der Waals surface area (Å²) >= 11 is 0. The van der Waals surface area contributed by atoms with Crippen molar-refractivity contribution in [2.75, 3.05) is 0 Å². The molecular weight excluding hydrogens is 346 g/mol.